The standard InChI is InChI=1S/C25H29F3N4O7/c1-2-38-24(37)32-12-10-31(11-13-32)23(36)16(7-8-18(33)34)20-19(22(29)35)21(39-14-9-25(26,27)28)15-5-3-4-6-17(15)30-20/h3-6,16H,2,7-14H2,1H3,(H2,29,35)(H,33,34). The third-order valence-corrected chi connectivity index (χ3v) is 6.14. The minimum Gasteiger partial charge on any atom is -0.492 e. The van der Waals surface area contributed by atoms with Gasteiger partial charge in [-0.2, -0.15) is 13.2 Å². The van der Waals surface area contributed by atoms with E-state index >= 15 is 0 Å². The second kappa shape index (κ2) is 12.6. The molecule has 2 heterocycles. The molecule has 1 fully saturated rings. The summed E-state index contributed by atoms with van der Waals surface area (Å²) in [6.07, 6.45) is -7.08. The lowest BCUT2D eigenvalue weighted by atomic mass is 9.91. The van der Waals surface area contributed by atoms with E-state index in [1.807, 2.05) is 0 Å². The Morgan fingerprint density at radius 1 is 1.10 bits per heavy atom. The van der Waals surface area contributed by atoms with Crippen molar-refractivity contribution in [2.24, 2.45) is 5.73 Å². The number of piperazine rings is 1. The number of fused-ring (bicyclic) bond motifs is 1. The molecule has 0 saturated carbocycles. The van der Waals surface area contributed by atoms with E-state index in [1.165, 1.54) is 21.9 Å². The maximum Gasteiger partial charge on any atom is 0.409 e. The van der Waals surface area contributed by atoms with E-state index in [9.17, 15) is 37.5 Å². The number of benzene rings is 1. The summed E-state index contributed by atoms with van der Waals surface area (Å²) in [5.41, 5.74) is 5.29. The number of rotatable bonds is 10. The molecule has 1 aromatic carbocycles. The Hall–Kier alpha value is -4.10. The van der Waals surface area contributed by atoms with Crippen LogP contribution in [-0.4, -0.2) is 89.3 Å². The van der Waals surface area contributed by atoms with Crippen molar-refractivity contribution < 1.29 is 46.9 Å². The number of halogens is 3. The monoisotopic (exact) mass is 554 g/mol. The van der Waals surface area contributed by atoms with Crippen molar-refractivity contribution in [2.75, 3.05) is 39.4 Å². The summed E-state index contributed by atoms with van der Waals surface area (Å²) >= 11 is 0. The average molecular weight is 555 g/mol. The number of alkyl halides is 3. The second-order valence-electron chi connectivity index (χ2n) is 8.79. The van der Waals surface area contributed by atoms with Crippen molar-refractivity contribution in [1.82, 2.24) is 14.8 Å². The zero-order chi connectivity index (χ0) is 28.7. The minimum atomic E-state index is -4.52. The molecule has 3 rings (SSSR count). The lowest BCUT2D eigenvalue weighted by molar-refractivity contribution is -0.140. The number of aliphatic carboxylic acids is 1. The van der Waals surface area contributed by atoms with E-state index in [-0.39, 0.29) is 67.1 Å². The lowest BCUT2D eigenvalue weighted by Crippen LogP contribution is -2.52. The molecule has 1 aliphatic rings. The van der Waals surface area contributed by atoms with Crippen LogP contribution in [0.25, 0.3) is 10.9 Å². The summed E-state index contributed by atoms with van der Waals surface area (Å²) in [6.45, 7) is 1.57. The Bertz CT molecular complexity index is 1230. The zero-order valence-corrected chi connectivity index (χ0v) is 21.2. The molecule has 0 bridgehead atoms. The number of nitrogens with zero attached hydrogens (tertiary/aromatic N) is 3. The van der Waals surface area contributed by atoms with Crippen LogP contribution in [0.5, 0.6) is 5.75 Å². The molecule has 1 atom stereocenters. The van der Waals surface area contributed by atoms with Crippen molar-refractivity contribution in [3.8, 4) is 5.75 Å². The Balaban J connectivity index is 2.03. The van der Waals surface area contributed by atoms with Gasteiger partial charge in [0.05, 0.1) is 36.8 Å². The highest BCUT2D eigenvalue weighted by atomic mass is 19.4. The summed E-state index contributed by atoms with van der Waals surface area (Å²) < 4.78 is 48.9. The number of hydrogen-bond acceptors (Lipinski definition) is 7. The van der Waals surface area contributed by atoms with Gasteiger partial charge in [-0.05, 0) is 25.5 Å². The molecule has 2 aromatic rings. The molecule has 0 spiro atoms. The topological polar surface area (TPSA) is 152 Å². The number of primary amides is 1. The van der Waals surface area contributed by atoms with Crippen molar-refractivity contribution in [2.45, 2.75) is 38.3 Å². The van der Waals surface area contributed by atoms with Crippen LogP contribution in [0.1, 0.15) is 48.2 Å². The Morgan fingerprint density at radius 2 is 1.74 bits per heavy atom. The van der Waals surface area contributed by atoms with Gasteiger partial charge >= 0.3 is 18.2 Å². The van der Waals surface area contributed by atoms with Gasteiger partial charge in [-0.3, -0.25) is 19.4 Å². The highest BCUT2D eigenvalue weighted by molar-refractivity contribution is 6.04. The average Bonchev–Trinajstić information content (AvgIpc) is 2.87. The number of carboxylic acids is 1. The van der Waals surface area contributed by atoms with Crippen LogP contribution in [-0.2, 0) is 14.3 Å². The van der Waals surface area contributed by atoms with E-state index in [1.54, 1.807) is 19.1 Å². The van der Waals surface area contributed by atoms with Gasteiger partial charge in [0.2, 0.25) is 5.91 Å². The number of ether oxygens (including phenoxy) is 2. The summed E-state index contributed by atoms with van der Waals surface area (Å²) in [5.74, 6) is -4.39. The van der Waals surface area contributed by atoms with Crippen LogP contribution in [0.3, 0.4) is 0 Å². The normalized spacial score (nSPS) is 14.7. The molecule has 0 radical (unpaired) electrons. The van der Waals surface area contributed by atoms with Crippen molar-refractivity contribution >= 4 is 34.8 Å². The SMILES string of the molecule is CCOC(=O)N1CCN(C(=O)C(CCC(=O)O)c2nc3ccccc3c(OCCC(F)(F)F)c2C(N)=O)CC1. The van der Waals surface area contributed by atoms with Gasteiger partial charge in [-0.15, -0.1) is 0 Å². The molecular formula is C25H29F3N4O7. The van der Waals surface area contributed by atoms with E-state index < -0.39 is 55.4 Å². The smallest absolute Gasteiger partial charge is 0.409 e. The van der Waals surface area contributed by atoms with E-state index in [4.69, 9.17) is 15.2 Å². The number of hydrogen-bond donors (Lipinski definition) is 2. The summed E-state index contributed by atoms with van der Waals surface area (Å²) in [5, 5.41) is 9.53. The Morgan fingerprint density at radius 3 is 2.33 bits per heavy atom. The van der Waals surface area contributed by atoms with Crippen LogP contribution in [0.2, 0.25) is 0 Å². The van der Waals surface area contributed by atoms with Crippen LogP contribution >= 0.6 is 0 Å². The molecular weight excluding hydrogens is 525 g/mol. The largest absolute Gasteiger partial charge is 0.492 e. The van der Waals surface area contributed by atoms with Gasteiger partial charge in [0, 0.05) is 38.0 Å². The third kappa shape index (κ3) is 7.48. The molecule has 39 heavy (non-hydrogen) atoms. The summed E-state index contributed by atoms with van der Waals surface area (Å²) in [4.78, 5) is 57.1. The molecule has 1 saturated heterocycles. The Labute approximate surface area is 221 Å². The van der Waals surface area contributed by atoms with Gasteiger partial charge in [0.1, 0.15) is 11.3 Å². The molecule has 11 nitrogen and oxygen atoms in total. The lowest BCUT2D eigenvalue weighted by Gasteiger charge is -2.36. The van der Waals surface area contributed by atoms with Gasteiger partial charge in [-0.1, -0.05) is 12.1 Å². The predicted octanol–water partition coefficient (Wildman–Crippen LogP) is 2.91. The van der Waals surface area contributed by atoms with Crippen LogP contribution in [0, 0.1) is 0 Å². The van der Waals surface area contributed by atoms with E-state index in [0.29, 0.717) is 0 Å². The highest BCUT2D eigenvalue weighted by Crippen LogP contribution is 2.37. The minimum absolute atomic E-state index is 0.107. The molecule has 1 aromatic heterocycles. The van der Waals surface area contributed by atoms with Crippen molar-refractivity contribution in [3.05, 3.63) is 35.5 Å². The summed E-state index contributed by atoms with van der Waals surface area (Å²) in [7, 11) is 0. The number of carbonyl (C=O) groups excluding carboxylic acids is 3. The maximum absolute atomic E-state index is 13.7. The quantitative estimate of drug-likeness (QED) is 0.455. The number of aromatic nitrogens is 1. The predicted molar refractivity (Wildman–Crippen MR) is 131 cm³/mol. The summed E-state index contributed by atoms with van der Waals surface area (Å²) in [6, 6.07) is 6.19. The molecule has 1 aliphatic heterocycles. The first-order chi connectivity index (χ1) is 18.4. The van der Waals surface area contributed by atoms with Gasteiger partial charge in [0.25, 0.3) is 5.91 Å². The zero-order valence-electron chi connectivity index (χ0n) is 21.2. The fourth-order valence-electron chi connectivity index (χ4n) is 4.30. The fourth-order valence-corrected chi connectivity index (χ4v) is 4.30. The van der Waals surface area contributed by atoms with E-state index in [0.717, 1.165) is 0 Å². The number of para-hydroxylation sites is 1. The van der Waals surface area contributed by atoms with Crippen LogP contribution in [0.4, 0.5) is 18.0 Å². The first-order valence-corrected chi connectivity index (χ1v) is 12.3. The van der Waals surface area contributed by atoms with Crippen LogP contribution < -0.4 is 10.5 Å². The van der Waals surface area contributed by atoms with Crippen molar-refractivity contribution in [3.63, 3.8) is 0 Å². The first-order valence-electron chi connectivity index (χ1n) is 12.3. The van der Waals surface area contributed by atoms with Gasteiger partial charge in [0.15, 0.2) is 0 Å². The molecule has 212 valence electrons. The fraction of sp³-hybridized carbons (Fsp3) is 0.480. The number of amides is 3. The number of carbonyl (C=O) groups is 4. The molecule has 14 heteroatoms. The van der Waals surface area contributed by atoms with Crippen molar-refractivity contribution in [1.29, 1.82) is 0 Å². The first kappa shape index (κ1) is 29.5. The number of pyridine rings is 1. The number of carboxylic acid groups (broad SMARTS) is 1. The second-order valence-corrected chi connectivity index (χ2v) is 8.79. The van der Waals surface area contributed by atoms with Gasteiger partial charge < -0.3 is 30.1 Å². The van der Waals surface area contributed by atoms with Crippen LogP contribution in [0.15, 0.2) is 24.3 Å². The molecule has 3 N–H and O–H groups in total. The molecule has 0 aliphatic carbocycles. The number of nitrogens with two attached hydrogens (primary N) is 1. The Kier molecular flexibility index (Phi) is 9.54. The molecule has 1 unspecified atom stereocenters. The highest BCUT2D eigenvalue weighted by Gasteiger charge is 2.36. The van der Waals surface area contributed by atoms with Gasteiger partial charge in [-0.25, -0.2) is 4.79 Å². The maximum atomic E-state index is 13.7. The van der Waals surface area contributed by atoms with E-state index in [2.05, 4.69) is 4.98 Å². The molecule has 3 amide bonds. The third-order valence-electron chi connectivity index (χ3n) is 6.14.